The summed E-state index contributed by atoms with van der Waals surface area (Å²) in [6.07, 6.45) is 1.96. The number of likely N-dealkylation sites (N-methyl/N-ethyl adjacent to an activating group) is 1. The molecule has 1 aromatic rings. The number of hydrogen-bond donors (Lipinski definition) is 1. The molecule has 2 heterocycles. The van der Waals surface area contributed by atoms with E-state index in [0.717, 1.165) is 45.6 Å². The predicted molar refractivity (Wildman–Crippen MR) is 80.7 cm³/mol. The SMILES string of the molecule is CN1CCN(C(=O)C2CCNCC2)Cc2ccccc21. The molecule has 20 heavy (non-hydrogen) atoms. The van der Waals surface area contributed by atoms with E-state index in [2.05, 4.69) is 46.4 Å². The van der Waals surface area contributed by atoms with Crippen LogP contribution in [0, 0.1) is 5.92 Å². The summed E-state index contributed by atoms with van der Waals surface area (Å²) in [6, 6.07) is 8.42. The van der Waals surface area contributed by atoms with Crippen molar-refractivity contribution in [1.29, 1.82) is 0 Å². The number of carbonyl (C=O) groups excluding carboxylic acids is 1. The van der Waals surface area contributed by atoms with Crippen molar-refractivity contribution in [2.24, 2.45) is 5.92 Å². The second-order valence-corrected chi connectivity index (χ2v) is 5.83. The van der Waals surface area contributed by atoms with E-state index in [-0.39, 0.29) is 5.92 Å². The van der Waals surface area contributed by atoms with E-state index in [0.29, 0.717) is 5.91 Å². The number of nitrogens with one attached hydrogen (secondary N) is 1. The van der Waals surface area contributed by atoms with Crippen molar-refractivity contribution >= 4 is 11.6 Å². The van der Waals surface area contributed by atoms with E-state index in [4.69, 9.17) is 0 Å². The van der Waals surface area contributed by atoms with Gasteiger partial charge < -0.3 is 15.1 Å². The van der Waals surface area contributed by atoms with Crippen LogP contribution in [0.5, 0.6) is 0 Å². The summed E-state index contributed by atoms with van der Waals surface area (Å²) in [6.45, 7) is 4.44. The first-order valence-corrected chi connectivity index (χ1v) is 7.54. The number of benzene rings is 1. The number of hydrogen-bond acceptors (Lipinski definition) is 3. The third kappa shape index (κ3) is 2.66. The molecule has 1 N–H and O–H groups in total. The predicted octanol–water partition coefficient (Wildman–Crippen LogP) is 1.46. The monoisotopic (exact) mass is 273 g/mol. The summed E-state index contributed by atoms with van der Waals surface area (Å²) in [5.74, 6) is 0.559. The molecule has 3 rings (SSSR count). The number of carbonyl (C=O) groups is 1. The molecule has 108 valence electrons. The summed E-state index contributed by atoms with van der Waals surface area (Å²) in [4.78, 5) is 17.0. The third-order valence-electron chi connectivity index (χ3n) is 4.47. The molecule has 0 aromatic heterocycles. The van der Waals surface area contributed by atoms with Crippen molar-refractivity contribution in [2.45, 2.75) is 19.4 Å². The molecule has 2 aliphatic rings. The average Bonchev–Trinajstić information content (AvgIpc) is 2.67. The highest BCUT2D eigenvalue weighted by atomic mass is 16.2. The molecule has 1 aromatic carbocycles. The van der Waals surface area contributed by atoms with Gasteiger partial charge in [0, 0.05) is 38.3 Å². The lowest BCUT2D eigenvalue weighted by Gasteiger charge is -2.28. The second-order valence-electron chi connectivity index (χ2n) is 5.83. The van der Waals surface area contributed by atoms with Crippen molar-refractivity contribution in [3.05, 3.63) is 29.8 Å². The van der Waals surface area contributed by atoms with Gasteiger partial charge in [0.25, 0.3) is 0 Å². The lowest BCUT2D eigenvalue weighted by molar-refractivity contribution is -0.136. The second kappa shape index (κ2) is 5.83. The normalized spacial score (nSPS) is 20.4. The van der Waals surface area contributed by atoms with Crippen LogP contribution in [0.25, 0.3) is 0 Å². The first-order valence-electron chi connectivity index (χ1n) is 7.54. The Kier molecular flexibility index (Phi) is 3.92. The van der Waals surface area contributed by atoms with Gasteiger partial charge in [0.1, 0.15) is 0 Å². The van der Waals surface area contributed by atoms with Gasteiger partial charge in [0.05, 0.1) is 0 Å². The molecule has 0 saturated carbocycles. The quantitative estimate of drug-likeness (QED) is 0.841. The highest BCUT2D eigenvalue weighted by molar-refractivity contribution is 5.79. The Balaban J connectivity index is 1.77. The van der Waals surface area contributed by atoms with Crippen LogP contribution in [0.15, 0.2) is 24.3 Å². The third-order valence-corrected chi connectivity index (χ3v) is 4.47. The minimum atomic E-state index is 0.215. The fraction of sp³-hybridized carbons (Fsp3) is 0.562. The Labute approximate surface area is 120 Å². The van der Waals surface area contributed by atoms with Gasteiger partial charge in [-0.2, -0.15) is 0 Å². The lowest BCUT2D eigenvalue weighted by Crippen LogP contribution is -2.42. The molecule has 0 atom stereocenters. The van der Waals surface area contributed by atoms with Gasteiger partial charge in [-0.3, -0.25) is 4.79 Å². The van der Waals surface area contributed by atoms with Crippen molar-refractivity contribution in [1.82, 2.24) is 10.2 Å². The van der Waals surface area contributed by atoms with Gasteiger partial charge in [0.2, 0.25) is 5.91 Å². The van der Waals surface area contributed by atoms with Gasteiger partial charge in [-0.1, -0.05) is 18.2 Å². The van der Waals surface area contributed by atoms with Crippen molar-refractivity contribution < 1.29 is 4.79 Å². The van der Waals surface area contributed by atoms with E-state index < -0.39 is 0 Å². The molecule has 4 heteroatoms. The van der Waals surface area contributed by atoms with Crippen molar-refractivity contribution in [3.63, 3.8) is 0 Å². The molecule has 1 fully saturated rings. The number of piperidine rings is 1. The Morgan fingerprint density at radius 2 is 1.95 bits per heavy atom. The lowest BCUT2D eigenvalue weighted by atomic mass is 9.96. The molecule has 2 aliphatic heterocycles. The highest BCUT2D eigenvalue weighted by Crippen LogP contribution is 2.25. The van der Waals surface area contributed by atoms with Gasteiger partial charge in [-0.15, -0.1) is 0 Å². The maximum absolute atomic E-state index is 12.7. The summed E-state index contributed by atoms with van der Waals surface area (Å²) in [7, 11) is 2.11. The number of rotatable bonds is 1. The molecular formula is C16H23N3O. The fourth-order valence-electron chi connectivity index (χ4n) is 3.21. The molecule has 0 radical (unpaired) electrons. The fourth-order valence-corrected chi connectivity index (χ4v) is 3.21. The van der Waals surface area contributed by atoms with Gasteiger partial charge in [-0.25, -0.2) is 0 Å². The zero-order valence-corrected chi connectivity index (χ0v) is 12.1. The molecule has 1 amide bonds. The van der Waals surface area contributed by atoms with E-state index in [1.807, 2.05) is 0 Å². The zero-order valence-electron chi connectivity index (χ0n) is 12.1. The molecule has 0 spiro atoms. The first-order chi connectivity index (χ1) is 9.75. The molecule has 0 bridgehead atoms. The minimum Gasteiger partial charge on any atom is -0.373 e. The van der Waals surface area contributed by atoms with Crippen molar-refractivity contribution in [3.8, 4) is 0 Å². The summed E-state index contributed by atoms with van der Waals surface area (Å²) in [5.41, 5.74) is 2.52. The Hall–Kier alpha value is -1.55. The van der Waals surface area contributed by atoms with Gasteiger partial charge >= 0.3 is 0 Å². The van der Waals surface area contributed by atoms with Crippen molar-refractivity contribution in [2.75, 3.05) is 38.1 Å². The summed E-state index contributed by atoms with van der Waals surface area (Å²) >= 11 is 0. The maximum Gasteiger partial charge on any atom is 0.226 e. The number of anilines is 1. The van der Waals surface area contributed by atoms with Crippen LogP contribution < -0.4 is 10.2 Å². The number of para-hydroxylation sites is 1. The minimum absolute atomic E-state index is 0.215. The molecule has 1 saturated heterocycles. The van der Waals surface area contributed by atoms with E-state index in [9.17, 15) is 4.79 Å². The molecule has 0 unspecified atom stereocenters. The average molecular weight is 273 g/mol. The Morgan fingerprint density at radius 1 is 1.20 bits per heavy atom. The van der Waals surface area contributed by atoms with Crippen LogP contribution in [0.1, 0.15) is 18.4 Å². The van der Waals surface area contributed by atoms with Crippen LogP contribution in [-0.4, -0.2) is 44.0 Å². The number of fused-ring (bicyclic) bond motifs is 1. The Morgan fingerprint density at radius 3 is 2.75 bits per heavy atom. The largest absolute Gasteiger partial charge is 0.373 e. The summed E-state index contributed by atoms with van der Waals surface area (Å²) in [5, 5.41) is 3.33. The van der Waals surface area contributed by atoms with Gasteiger partial charge in [-0.05, 0) is 37.6 Å². The van der Waals surface area contributed by atoms with E-state index in [1.165, 1.54) is 11.3 Å². The van der Waals surface area contributed by atoms with Crippen LogP contribution in [0.3, 0.4) is 0 Å². The molecular weight excluding hydrogens is 250 g/mol. The van der Waals surface area contributed by atoms with Crippen LogP contribution in [0.2, 0.25) is 0 Å². The zero-order chi connectivity index (χ0) is 13.9. The highest BCUT2D eigenvalue weighted by Gasteiger charge is 2.28. The van der Waals surface area contributed by atoms with Crippen LogP contribution in [-0.2, 0) is 11.3 Å². The maximum atomic E-state index is 12.7. The molecule has 0 aliphatic carbocycles. The standard InChI is InChI=1S/C16H23N3O/c1-18-10-11-19(12-14-4-2-3-5-15(14)18)16(20)13-6-8-17-9-7-13/h2-5,13,17H,6-12H2,1H3. The Bertz CT molecular complexity index is 482. The molecule has 4 nitrogen and oxygen atoms in total. The topological polar surface area (TPSA) is 35.6 Å². The first kappa shape index (κ1) is 13.4. The smallest absolute Gasteiger partial charge is 0.226 e. The van der Waals surface area contributed by atoms with Gasteiger partial charge in [0.15, 0.2) is 0 Å². The van der Waals surface area contributed by atoms with E-state index in [1.54, 1.807) is 0 Å². The number of amides is 1. The summed E-state index contributed by atoms with van der Waals surface area (Å²) < 4.78 is 0. The van der Waals surface area contributed by atoms with Crippen LogP contribution in [0.4, 0.5) is 5.69 Å². The van der Waals surface area contributed by atoms with E-state index >= 15 is 0 Å². The van der Waals surface area contributed by atoms with Crippen LogP contribution >= 0.6 is 0 Å². The number of nitrogens with zero attached hydrogens (tertiary/aromatic N) is 2.